The lowest BCUT2D eigenvalue weighted by molar-refractivity contribution is -0.159. The summed E-state index contributed by atoms with van der Waals surface area (Å²) in [5.74, 6) is -1.47. The fraction of sp³-hybridized carbons (Fsp3) is 0.560. The molecule has 0 aromatic heterocycles. The minimum atomic E-state index is -4.75. The highest BCUT2D eigenvalue weighted by Gasteiger charge is 2.21. The Morgan fingerprint density at radius 1 is 0.886 bits per heavy atom. The van der Waals surface area contributed by atoms with Gasteiger partial charge in [0.25, 0.3) is 0 Å². The van der Waals surface area contributed by atoms with E-state index in [0.717, 1.165) is 26.2 Å². The first-order valence-electron chi connectivity index (χ1n) is 11.8. The Kier molecular flexibility index (Phi) is 19.6. The maximum atomic E-state index is 11.9. The summed E-state index contributed by atoms with van der Waals surface area (Å²) >= 11 is 0. The van der Waals surface area contributed by atoms with Crippen molar-refractivity contribution in [3.63, 3.8) is 0 Å². The zero-order valence-electron chi connectivity index (χ0n) is 20.7. The largest absolute Gasteiger partial charge is 0.469 e. The van der Waals surface area contributed by atoms with Gasteiger partial charge in [-0.1, -0.05) is 62.3 Å². The first-order valence-corrected chi connectivity index (χ1v) is 13.4. The third-order valence-electron chi connectivity index (χ3n) is 4.38. The molecular formula is C25H39O9P. The van der Waals surface area contributed by atoms with Gasteiger partial charge in [-0.3, -0.25) is 18.9 Å². The lowest BCUT2D eigenvalue weighted by Gasteiger charge is -2.17. The molecule has 0 fully saturated rings. The third-order valence-corrected chi connectivity index (χ3v) is 4.86. The van der Waals surface area contributed by atoms with Crippen LogP contribution in [0.2, 0.25) is 0 Å². The van der Waals surface area contributed by atoms with Crippen molar-refractivity contribution in [2.24, 2.45) is 0 Å². The zero-order valence-corrected chi connectivity index (χ0v) is 21.6. The highest BCUT2D eigenvalue weighted by atomic mass is 31.2. The number of ether oxygens (including phenoxy) is 2. The minimum absolute atomic E-state index is 0.0284. The summed E-state index contributed by atoms with van der Waals surface area (Å²) in [4.78, 5) is 52.1. The molecule has 9 nitrogen and oxygen atoms in total. The molecule has 0 heterocycles. The van der Waals surface area contributed by atoms with Crippen molar-refractivity contribution in [2.45, 2.75) is 77.7 Å². The van der Waals surface area contributed by atoms with Crippen LogP contribution in [0.4, 0.5) is 0 Å². The van der Waals surface area contributed by atoms with Gasteiger partial charge in [-0.25, -0.2) is 4.57 Å². The fourth-order valence-electron chi connectivity index (χ4n) is 2.68. The molecule has 0 aliphatic carbocycles. The molecule has 0 rings (SSSR count). The molecule has 0 aliphatic heterocycles. The Bertz CT molecular complexity index is 778. The van der Waals surface area contributed by atoms with Gasteiger partial charge >= 0.3 is 19.8 Å². The van der Waals surface area contributed by atoms with E-state index in [2.05, 4.69) is 35.8 Å². The summed E-state index contributed by atoms with van der Waals surface area (Å²) in [6, 6.07) is 0. The topological polar surface area (TPSA) is 136 Å². The SMILES string of the molecule is CCCCC/C=C\C/C=C\C/C=C\C=C\C(=O)CCCC(=O)OC[C@H](COP(=O)(O)O)OC(C)=O. The van der Waals surface area contributed by atoms with Gasteiger partial charge in [-0.05, 0) is 38.2 Å². The molecule has 0 aliphatic rings. The Morgan fingerprint density at radius 3 is 2.23 bits per heavy atom. The zero-order chi connectivity index (χ0) is 26.4. The number of unbranched alkanes of at least 4 members (excludes halogenated alkanes) is 3. The van der Waals surface area contributed by atoms with Crippen molar-refractivity contribution in [3.05, 3.63) is 48.6 Å². The number of hydrogen-bond donors (Lipinski definition) is 2. The summed E-state index contributed by atoms with van der Waals surface area (Å²) in [7, 11) is -4.75. The smallest absolute Gasteiger partial charge is 0.462 e. The van der Waals surface area contributed by atoms with Gasteiger partial charge in [0.15, 0.2) is 11.9 Å². The molecule has 1 atom stereocenters. The van der Waals surface area contributed by atoms with E-state index >= 15 is 0 Å². The molecule has 198 valence electrons. The first kappa shape index (κ1) is 32.7. The predicted octanol–water partition coefficient (Wildman–Crippen LogP) is 4.90. The molecule has 0 bridgehead atoms. The second-order valence-corrected chi connectivity index (χ2v) is 8.96. The average molecular weight is 515 g/mol. The number of allylic oxidation sites excluding steroid dienone is 8. The summed E-state index contributed by atoms with van der Waals surface area (Å²) in [5.41, 5.74) is 0. The Morgan fingerprint density at radius 2 is 1.57 bits per heavy atom. The van der Waals surface area contributed by atoms with Crippen LogP contribution in [0, 0.1) is 0 Å². The van der Waals surface area contributed by atoms with Crippen LogP contribution in [0.5, 0.6) is 0 Å². The van der Waals surface area contributed by atoms with Gasteiger partial charge in [0.05, 0.1) is 6.61 Å². The molecule has 0 aromatic carbocycles. The van der Waals surface area contributed by atoms with Crippen LogP contribution in [0.15, 0.2) is 48.6 Å². The molecule has 0 unspecified atom stereocenters. The van der Waals surface area contributed by atoms with Crippen molar-refractivity contribution in [2.75, 3.05) is 13.2 Å². The number of phosphoric acid groups is 1. The Labute approximate surface area is 208 Å². The molecule has 10 heteroatoms. The number of phosphoric ester groups is 1. The normalized spacial score (nSPS) is 13.3. The number of hydrogen-bond acceptors (Lipinski definition) is 7. The number of rotatable bonds is 20. The summed E-state index contributed by atoms with van der Waals surface area (Å²) in [6.07, 6.45) is 21.3. The molecule has 0 spiro atoms. The molecule has 35 heavy (non-hydrogen) atoms. The monoisotopic (exact) mass is 514 g/mol. The van der Waals surface area contributed by atoms with E-state index in [1.165, 1.54) is 25.3 Å². The standard InChI is InChI=1S/C25H39O9P/c1-3-4-5-6-7-8-9-10-11-12-13-14-15-17-23(27)18-16-19-25(28)32-20-24(34-22(2)26)21-33-35(29,30)31/h7-8,10-11,13-15,17,24H,3-6,9,12,16,18-21H2,1-2H3,(H2,29,30,31)/b8-7-,11-10-,14-13-,17-15+/t24-/m1/s1. The van der Waals surface area contributed by atoms with Crippen LogP contribution >= 0.6 is 7.82 Å². The van der Waals surface area contributed by atoms with Crippen LogP contribution in [-0.4, -0.2) is 46.8 Å². The molecule has 0 amide bonds. The van der Waals surface area contributed by atoms with Crippen LogP contribution in [0.3, 0.4) is 0 Å². The van der Waals surface area contributed by atoms with Gasteiger partial charge in [0.1, 0.15) is 6.61 Å². The number of ketones is 1. The van der Waals surface area contributed by atoms with E-state index in [0.29, 0.717) is 0 Å². The Balaban J connectivity index is 4.02. The van der Waals surface area contributed by atoms with Crippen molar-refractivity contribution in [1.29, 1.82) is 0 Å². The van der Waals surface area contributed by atoms with Crippen molar-refractivity contribution in [3.8, 4) is 0 Å². The van der Waals surface area contributed by atoms with E-state index in [-0.39, 0.29) is 25.0 Å². The summed E-state index contributed by atoms with van der Waals surface area (Å²) in [5, 5.41) is 0. The predicted molar refractivity (Wildman–Crippen MR) is 133 cm³/mol. The van der Waals surface area contributed by atoms with Gasteiger partial charge in [0.2, 0.25) is 0 Å². The van der Waals surface area contributed by atoms with Gasteiger partial charge in [-0.15, -0.1) is 0 Å². The number of carbonyl (C=O) groups excluding carboxylic acids is 3. The van der Waals surface area contributed by atoms with Gasteiger partial charge in [-0.2, -0.15) is 0 Å². The molecule has 0 saturated heterocycles. The molecule has 2 N–H and O–H groups in total. The summed E-state index contributed by atoms with van der Waals surface area (Å²) < 4.78 is 24.7. The maximum absolute atomic E-state index is 11.9. The van der Waals surface area contributed by atoms with Crippen molar-refractivity contribution in [1.82, 2.24) is 0 Å². The van der Waals surface area contributed by atoms with E-state index in [9.17, 15) is 18.9 Å². The maximum Gasteiger partial charge on any atom is 0.469 e. The number of carbonyl (C=O) groups is 3. The highest BCUT2D eigenvalue weighted by Crippen LogP contribution is 2.35. The Hall–Kier alpha value is -2.32. The van der Waals surface area contributed by atoms with E-state index in [1.54, 1.807) is 12.2 Å². The average Bonchev–Trinajstić information content (AvgIpc) is 2.78. The number of esters is 2. The molecule has 0 saturated carbocycles. The van der Waals surface area contributed by atoms with Crippen molar-refractivity contribution >= 4 is 25.5 Å². The fourth-order valence-corrected chi connectivity index (χ4v) is 3.04. The van der Waals surface area contributed by atoms with Crippen molar-refractivity contribution < 1.29 is 42.7 Å². The second kappa shape index (κ2) is 21.0. The van der Waals surface area contributed by atoms with Crippen LogP contribution in [0.25, 0.3) is 0 Å². The highest BCUT2D eigenvalue weighted by molar-refractivity contribution is 7.46. The molecule has 0 aromatic rings. The lowest BCUT2D eigenvalue weighted by atomic mass is 10.1. The van der Waals surface area contributed by atoms with E-state index in [1.807, 2.05) is 6.08 Å². The van der Waals surface area contributed by atoms with Crippen LogP contribution in [0.1, 0.15) is 71.6 Å². The van der Waals surface area contributed by atoms with Gasteiger partial charge in [0, 0.05) is 19.8 Å². The van der Waals surface area contributed by atoms with Gasteiger partial charge < -0.3 is 19.3 Å². The van der Waals surface area contributed by atoms with E-state index in [4.69, 9.17) is 19.3 Å². The molecular weight excluding hydrogens is 475 g/mol. The quantitative estimate of drug-likeness (QED) is 0.0581. The van der Waals surface area contributed by atoms with E-state index < -0.39 is 39.1 Å². The minimum Gasteiger partial charge on any atom is -0.462 e. The second-order valence-electron chi connectivity index (χ2n) is 7.72. The third kappa shape index (κ3) is 24.6. The lowest BCUT2D eigenvalue weighted by Crippen LogP contribution is -2.28. The first-order chi connectivity index (χ1) is 16.6. The summed E-state index contributed by atoms with van der Waals surface area (Å²) in [6.45, 7) is 2.26. The molecule has 0 radical (unpaired) electrons. The van der Waals surface area contributed by atoms with Crippen LogP contribution in [-0.2, 0) is 32.9 Å². The van der Waals surface area contributed by atoms with Crippen LogP contribution < -0.4 is 0 Å².